The number of rotatable bonds is 5. The first kappa shape index (κ1) is 19.6. The quantitative estimate of drug-likeness (QED) is 0.837. The summed E-state index contributed by atoms with van der Waals surface area (Å²) < 4.78 is 13.2. The van der Waals surface area contributed by atoms with Gasteiger partial charge in [0.1, 0.15) is 5.82 Å². The van der Waals surface area contributed by atoms with E-state index in [0.717, 1.165) is 25.9 Å². The molecular weight excluding hydrogens is 319 g/mol. The minimum absolute atomic E-state index is 0. The van der Waals surface area contributed by atoms with Gasteiger partial charge in [-0.2, -0.15) is 0 Å². The number of carbonyl (C=O) groups excluding carboxylic acids is 2. The highest BCUT2D eigenvalue weighted by Gasteiger charge is 2.25. The van der Waals surface area contributed by atoms with Gasteiger partial charge < -0.3 is 10.2 Å². The fourth-order valence-corrected chi connectivity index (χ4v) is 2.82. The highest BCUT2D eigenvalue weighted by molar-refractivity contribution is 5.99. The van der Waals surface area contributed by atoms with E-state index in [9.17, 15) is 14.0 Å². The number of hydrogen-bond acceptors (Lipinski definition) is 3. The predicted octanol–water partition coefficient (Wildman–Crippen LogP) is 2.67. The highest BCUT2D eigenvalue weighted by Crippen LogP contribution is 2.17. The molecule has 1 aliphatic heterocycles. The zero-order valence-corrected chi connectivity index (χ0v) is 14.4. The fraction of sp³-hybridized carbons (Fsp3) is 0.529. The highest BCUT2D eigenvalue weighted by atomic mass is 35.5. The number of Topliss-reactive ketones (excluding diaryl/α,β-unsaturated/α-hetero) is 1. The van der Waals surface area contributed by atoms with Gasteiger partial charge in [-0.3, -0.25) is 9.59 Å². The van der Waals surface area contributed by atoms with E-state index in [1.165, 1.54) is 18.2 Å². The van der Waals surface area contributed by atoms with Crippen LogP contribution in [0.3, 0.4) is 0 Å². The second-order valence-corrected chi connectivity index (χ2v) is 5.97. The zero-order chi connectivity index (χ0) is 16.1. The minimum atomic E-state index is -0.446. The van der Waals surface area contributed by atoms with Gasteiger partial charge in [0.25, 0.3) is 0 Å². The Morgan fingerprint density at radius 3 is 2.61 bits per heavy atom. The van der Waals surface area contributed by atoms with Crippen molar-refractivity contribution in [3.05, 3.63) is 35.6 Å². The fourth-order valence-electron chi connectivity index (χ4n) is 2.82. The monoisotopic (exact) mass is 342 g/mol. The summed E-state index contributed by atoms with van der Waals surface area (Å²) in [5, 5.41) is 3.27. The number of nitrogens with one attached hydrogen (secondary N) is 1. The van der Waals surface area contributed by atoms with Gasteiger partial charge in [-0.1, -0.05) is 19.1 Å². The number of hydrogen-bond donors (Lipinski definition) is 1. The molecule has 1 atom stereocenters. The molecule has 1 N–H and O–H groups in total. The molecule has 0 saturated carbocycles. The smallest absolute Gasteiger partial charge is 0.223 e. The molecular formula is C17H24ClFN2O2. The molecule has 0 aromatic heterocycles. The van der Waals surface area contributed by atoms with E-state index in [-0.39, 0.29) is 36.6 Å². The van der Waals surface area contributed by atoms with Gasteiger partial charge in [0.15, 0.2) is 5.78 Å². The van der Waals surface area contributed by atoms with Crippen LogP contribution < -0.4 is 5.32 Å². The van der Waals surface area contributed by atoms with Crippen molar-refractivity contribution >= 4 is 24.1 Å². The van der Waals surface area contributed by atoms with Crippen molar-refractivity contribution in [3.8, 4) is 0 Å². The minimum Gasteiger partial charge on any atom is -0.343 e. The van der Waals surface area contributed by atoms with E-state index in [2.05, 4.69) is 5.32 Å². The molecule has 128 valence electrons. The molecule has 0 bridgehead atoms. The van der Waals surface area contributed by atoms with Gasteiger partial charge in [0, 0.05) is 31.0 Å². The molecule has 6 heteroatoms. The Kier molecular flexibility index (Phi) is 7.65. The molecule has 1 heterocycles. The molecule has 0 aliphatic carbocycles. The number of benzene rings is 1. The number of amides is 1. The maximum atomic E-state index is 13.2. The second-order valence-electron chi connectivity index (χ2n) is 5.97. The Hall–Kier alpha value is -1.46. The summed E-state index contributed by atoms with van der Waals surface area (Å²) in [7, 11) is 1.80. The third-order valence-electron chi connectivity index (χ3n) is 4.29. The third kappa shape index (κ3) is 5.29. The van der Waals surface area contributed by atoms with Crippen molar-refractivity contribution < 1.29 is 14.0 Å². The summed E-state index contributed by atoms with van der Waals surface area (Å²) in [5.74, 6) is -1.09. The Morgan fingerprint density at radius 1 is 1.35 bits per heavy atom. The number of halogens is 2. The molecule has 1 aliphatic rings. The van der Waals surface area contributed by atoms with Crippen molar-refractivity contribution in [2.45, 2.75) is 32.2 Å². The SMILES string of the molecule is CC(CC(=O)N(C)C1CCNCC1)C(=O)c1cccc(F)c1.Cl. The standard InChI is InChI=1S/C17H23FN2O2.ClH/c1-12(17(22)13-4-3-5-14(18)11-13)10-16(21)20(2)15-6-8-19-9-7-15;/h3-5,11-12,15,19H,6-10H2,1-2H3;1H. The molecule has 0 spiro atoms. The number of ketones is 1. The molecule has 1 amide bonds. The molecule has 4 nitrogen and oxygen atoms in total. The van der Waals surface area contributed by atoms with Crippen molar-refractivity contribution in [1.82, 2.24) is 10.2 Å². The zero-order valence-electron chi connectivity index (χ0n) is 13.5. The summed E-state index contributed by atoms with van der Waals surface area (Å²) in [5.41, 5.74) is 0.324. The number of piperidine rings is 1. The van der Waals surface area contributed by atoms with Crippen LogP contribution in [-0.4, -0.2) is 42.8 Å². The summed E-state index contributed by atoms with van der Waals surface area (Å²) >= 11 is 0. The lowest BCUT2D eigenvalue weighted by Gasteiger charge is -2.32. The molecule has 1 fully saturated rings. The lowest BCUT2D eigenvalue weighted by Crippen LogP contribution is -2.44. The Labute approximate surface area is 142 Å². The van der Waals surface area contributed by atoms with E-state index in [4.69, 9.17) is 0 Å². The number of nitrogens with zero attached hydrogens (tertiary/aromatic N) is 1. The van der Waals surface area contributed by atoms with E-state index in [1.807, 2.05) is 0 Å². The van der Waals surface area contributed by atoms with Gasteiger partial charge >= 0.3 is 0 Å². The van der Waals surface area contributed by atoms with Crippen molar-refractivity contribution in [2.75, 3.05) is 20.1 Å². The van der Waals surface area contributed by atoms with Crippen LogP contribution in [0.25, 0.3) is 0 Å². The Bertz CT molecular complexity index is 547. The van der Waals surface area contributed by atoms with Crippen LogP contribution in [0.5, 0.6) is 0 Å². The molecule has 1 aromatic rings. The molecule has 23 heavy (non-hydrogen) atoms. The first-order chi connectivity index (χ1) is 10.5. The maximum Gasteiger partial charge on any atom is 0.223 e. The van der Waals surface area contributed by atoms with Gasteiger partial charge in [-0.05, 0) is 38.1 Å². The first-order valence-electron chi connectivity index (χ1n) is 7.75. The lowest BCUT2D eigenvalue weighted by atomic mass is 9.95. The average molecular weight is 343 g/mol. The summed E-state index contributed by atoms with van der Waals surface area (Å²) in [6.07, 6.45) is 2.04. The van der Waals surface area contributed by atoms with Crippen LogP contribution in [0.1, 0.15) is 36.5 Å². The third-order valence-corrected chi connectivity index (χ3v) is 4.29. The first-order valence-corrected chi connectivity index (χ1v) is 7.75. The van der Waals surface area contributed by atoms with Crippen molar-refractivity contribution in [3.63, 3.8) is 0 Å². The van der Waals surface area contributed by atoms with E-state index in [1.54, 1.807) is 24.9 Å². The predicted molar refractivity (Wildman–Crippen MR) is 90.4 cm³/mol. The van der Waals surface area contributed by atoms with Gasteiger partial charge in [-0.15, -0.1) is 12.4 Å². The van der Waals surface area contributed by atoms with Crippen molar-refractivity contribution in [2.24, 2.45) is 5.92 Å². The topological polar surface area (TPSA) is 49.4 Å². The van der Waals surface area contributed by atoms with Crippen LogP contribution in [0.15, 0.2) is 24.3 Å². The molecule has 2 rings (SSSR count). The number of carbonyl (C=O) groups is 2. The van der Waals surface area contributed by atoms with Crippen LogP contribution in [0.2, 0.25) is 0 Å². The average Bonchev–Trinajstić information content (AvgIpc) is 2.54. The maximum absolute atomic E-state index is 13.2. The normalized spacial score (nSPS) is 16.3. The second kappa shape index (κ2) is 8.99. The van der Waals surface area contributed by atoms with E-state index < -0.39 is 11.7 Å². The summed E-state index contributed by atoms with van der Waals surface area (Å²) in [4.78, 5) is 26.4. The van der Waals surface area contributed by atoms with Crippen LogP contribution in [0.4, 0.5) is 4.39 Å². The van der Waals surface area contributed by atoms with Crippen LogP contribution in [-0.2, 0) is 4.79 Å². The molecule has 1 unspecified atom stereocenters. The Balaban J connectivity index is 0.00000264. The van der Waals surface area contributed by atoms with Gasteiger partial charge in [-0.25, -0.2) is 4.39 Å². The van der Waals surface area contributed by atoms with E-state index >= 15 is 0 Å². The molecule has 1 saturated heterocycles. The van der Waals surface area contributed by atoms with Gasteiger partial charge in [0.2, 0.25) is 5.91 Å². The van der Waals surface area contributed by atoms with Crippen molar-refractivity contribution in [1.29, 1.82) is 0 Å². The van der Waals surface area contributed by atoms with Crippen LogP contribution in [0, 0.1) is 11.7 Å². The molecule has 0 radical (unpaired) electrons. The summed E-state index contributed by atoms with van der Waals surface area (Å²) in [6, 6.07) is 5.86. The van der Waals surface area contributed by atoms with Crippen LogP contribution >= 0.6 is 12.4 Å². The lowest BCUT2D eigenvalue weighted by molar-refractivity contribution is -0.133. The largest absolute Gasteiger partial charge is 0.343 e. The Morgan fingerprint density at radius 2 is 2.00 bits per heavy atom. The van der Waals surface area contributed by atoms with E-state index in [0.29, 0.717) is 5.56 Å². The molecule has 1 aromatic carbocycles. The van der Waals surface area contributed by atoms with Gasteiger partial charge in [0.05, 0.1) is 0 Å². The summed E-state index contributed by atoms with van der Waals surface area (Å²) in [6.45, 7) is 3.56.